The molecule has 1 aliphatic rings. The Hall–Kier alpha value is -2.03. The molecule has 0 atom stereocenters. The van der Waals surface area contributed by atoms with Gasteiger partial charge in [-0.2, -0.15) is 0 Å². The van der Waals surface area contributed by atoms with Gasteiger partial charge in [0.15, 0.2) is 0 Å². The Bertz CT molecular complexity index is 810. The molecule has 0 heterocycles. The molecule has 0 aliphatic heterocycles. The van der Waals surface area contributed by atoms with E-state index < -0.39 is 5.97 Å². The van der Waals surface area contributed by atoms with E-state index in [9.17, 15) is 4.79 Å². The molecule has 1 aliphatic carbocycles. The molecule has 3 rings (SSSR count). The zero-order chi connectivity index (χ0) is 20.9. The number of fused-ring (bicyclic) bond motifs is 1. The first kappa shape index (κ1) is 21.7. The van der Waals surface area contributed by atoms with Gasteiger partial charge in [-0.05, 0) is 84.7 Å². The van der Waals surface area contributed by atoms with Gasteiger partial charge in [-0.25, -0.2) is 0 Å². The number of benzene rings is 2. The number of ether oxygens (including phenoxy) is 1. The average molecular weight is 397 g/mol. The van der Waals surface area contributed by atoms with E-state index in [2.05, 4.69) is 57.2 Å². The van der Waals surface area contributed by atoms with E-state index in [0.717, 1.165) is 50.2 Å². The van der Waals surface area contributed by atoms with Crippen LogP contribution >= 0.6 is 0 Å². The van der Waals surface area contributed by atoms with Crippen molar-refractivity contribution in [2.75, 3.05) is 0 Å². The lowest BCUT2D eigenvalue weighted by molar-refractivity contribution is -0.137. The van der Waals surface area contributed by atoms with Crippen molar-refractivity contribution in [2.24, 2.45) is 11.3 Å². The Morgan fingerprint density at radius 2 is 1.66 bits per heavy atom. The summed E-state index contributed by atoms with van der Waals surface area (Å²) in [7, 11) is 0. The van der Waals surface area contributed by atoms with Gasteiger partial charge in [-0.15, -0.1) is 0 Å². The Balaban J connectivity index is 1.52. The number of aliphatic carboxylic acids is 1. The van der Waals surface area contributed by atoms with Crippen LogP contribution < -0.4 is 4.74 Å². The topological polar surface area (TPSA) is 46.5 Å². The summed E-state index contributed by atoms with van der Waals surface area (Å²) in [6.45, 7) is 7.06. The van der Waals surface area contributed by atoms with Crippen LogP contribution in [0.15, 0.2) is 36.4 Å². The fourth-order valence-electron chi connectivity index (χ4n) is 4.52. The first-order valence-corrected chi connectivity index (χ1v) is 11.2. The van der Waals surface area contributed by atoms with Gasteiger partial charge >= 0.3 is 5.97 Å². The number of rotatable bonds is 8. The molecule has 3 nitrogen and oxygen atoms in total. The summed E-state index contributed by atoms with van der Waals surface area (Å²) in [4.78, 5) is 10.6. The second kappa shape index (κ2) is 9.65. The minimum atomic E-state index is -0.698. The highest BCUT2D eigenvalue weighted by molar-refractivity contribution is 5.84. The monoisotopic (exact) mass is 396 g/mol. The van der Waals surface area contributed by atoms with Crippen LogP contribution in [0.5, 0.6) is 5.75 Å². The van der Waals surface area contributed by atoms with E-state index in [1.54, 1.807) is 0 Å². The molecular formula is C26H36O3. The van der Waals surface area contributed by atoms with Crippen molar-refractivity contribution in [1.29, 1.82) is 0 Å². The maximum Gasteiger partial charge on any atom is 0.303 e. The molecule has 0 amide bonds. The SMILES string of the molecule is CC(C)(C)[C@H]1CC[C@H](Oc2ccc3cc(CCCCCC(=O)O)ccc3c2)CC1. The van der Waals surface area contributed by atoms with Gasteiger partial charge in [0.25, 0.3) is 0 Å². The molecule has 2 aromatic carbocycles. The van der Waals surface area contributed by atoms with E-state index in [4.69, 9.17) is 9.84 Å². The summed E-state index contributed by atoms with van der Waals surface area (Å²) >= 11 is 0. The minimum Gasteiger partial charge on any atom is -0.490 e. The third kappa shape index (κ3) is 6.48. The van der Waals surface area contributed by atoms with Crippen molar-refractivity contribution < 1.29 is 14.6 Å². The summed E-state index contributed by atoms with van der Waals surface area (Å²) in [5, 5.41) is 11.2. The lowest BCUT2D eigenvalue weighted by Crippen LogP contribution is -2.30. The molecule has 0 aromatic heterocycles. The molecule has 0 spiro atoms. The fraction of sp³-hybridized carbons (Fsp3) is 0.577. The number of aryl methyl sites for hydroxylation is 1. The van der Waals surface area contributed by atoms with E-state index >= 15 is 0 Å². The Morgan fingerprint density at radius 3 is 2.34 bits per heavy atom. The summed E-state index contributed by atoms with van der Waals surface area (Å²) in [6.07, 6.45) is 9.23. The number of carboxylic acid groups (broad SMARTS) is 1. The number of hydrogen-bond donors (Lipinski definition) is 1. The molecule has 0 saturated heterocycles. The highest BCUT2D eigenvalue weighted by Crippen LogP contribution is 2.39. The van der Waals surface area contributed by atoms with Gasteiger partial charge in [-0.1, -0.05) is 51.5 Å². The van der Waals surface area contributed by atoms with Crippen LogP contribution in [0.1, 0.15) is 77.7 Å². The van der Waals surface area contributed by atoms with Crippen molar-refractivity contribution in [3.8, 4) is 5.75 Å². The molecule has 29 heavy (non-hydrogen) atoms. The molecule has 0 bridgehead atoms. The Labute approximate surface area is 175 Å². The number of carbonyl (C=O) groups is 1. The predicted octanol–water partition coefficient (Wildman–Crippen LogP) is 7.01. The smallest absolute Gasteiger partial charge is 0.303 e. The van der Waals surface area contributed by atoms with Gasteiger partial charge in [0.2, 0.25) is 0 Å². The third-order valence-corrected chi connectivity index (χ3v) is 6.43. The van der Waals surface area contributed by atoms with E-state index in [-0.39, 0.29) is 6.42 Å². The van der Waals surface area contributed by atoms with Crippen LogP contribution in [0.4, 0.5) is 0 Å². The van der Waals surface area contributed by atoms with Gasteiger partial charge in [0, 0.05) is 6.42 Å². The minimum absolute atomic E-state index is 0.276. The first-order chi connectivity index (χ1) is 13.8. The molecule has 1 saturated carbocycles. The van der Waals surface area contributed by atoms with Crippen molar-refractivity contribution in [1.82, 2.24) is 0 Å². The molecule has 1 fully saturated rings. The number of carboxylic acids is 1. The zero-order valence-electron chi connectivity index (χ0n) is 18.2. The van der Waals surface area contributed by atoms with Gasteiger partial charge in [0.05, 0.1) is 6.10 Å². The second-order valence-electron chi connectivity index (χ2n) is 9.76. The number of unbranched alkanes of at least 4 members (excludes halogenated alkanes) is 2. The number of hydrogen-bond acceptors (Lipinski definition) is 2. The van der Waals surface area contributed by atoms with Crippen LogP contribution in [0, 0.1) is 11.3 Å². The highest BCUT2D eigenvalue weighted by Gasteiger charge is 2.30. The van der Waals surface area contributed by atoms with Crippen molar-refractivity contribution in [3.05, 3.63) is 42.0 Å². The molecule has 3 heteroatoms. The van der Waals surface area contributed by atoms with Gasteiger partial charge in [-0.3, -0.25) is 4.79 Å². The molecule has 0 unspecified atom stereocenters. The van der Waals surface area contributed by atoms with Gasteiger partial charge in [0.1, 0.15) is 5.75 Å². The zero-order valence-corrected chi connectivity index (χ0v) is 18.2. The van der Waals surface area contributed by atoms with E-state index in [1.165, 1.54) is 29.2 Å². The third-order valence-electron chi connectivity index (χ3n) is 6.43. The van der Waals surface area contributed by atoms with Crippen molar-refractivity contribution in [2.45, 2.75) is 84.7 Å². The second-order valence-corrected chi connectivity index (χ2v) is 9.76. The molecule has 0 radical (unpaired) electrons. The molecular weight excluding hydrogens is 360 g/mol. The largest absolute Gasteiger partial charge is 0.490 e. The van der Waals surface area contributed by atoms with Crippen LogP contribution in [0.25, 0.3) is 10.8 Å². The van der Waals surface area contributed by atoms with Crippen LogP contribution in [0.3, 0.4) is 0 Å². The highest BCUT2D eigenvalue weighted by atomic mass is 16.5. The standard InChI is InChI=1S/C26H36O3/c1-26(2,3)22-12-15-23(16-13-22)29-24-14-11-20-17-19(9-10-21(20)18-24)7-5-4-6-8-25(27)28/h9-11,14,17-18,22-23H,4-8,12-13,15-16H2,1-3H3,(H,27,28)/t22-,23-. The maximum absolute atomic E-state index is 10.6. The molecule has 2 aromatic rings. The summed E-state index contributed by atoms with van der Waals surface area (Å²) in [5.74, 6) is 1.09. The summed E-state index contributed by atoms with van der Waals surface area (Å²) < 4.78 is 6.32. The van der Waals surface area contributed by atoms with E-state index in [1.807, 2.05) is 0 Å². The quantitative estimate of drug-likeness (QED) is 0.488. The first-order valence-electron chi connectivity index (χ1n) is 11.2. The lowest BCUT2D eigenvalue weighted by atomic mass is 9.72. The normalized spacial score (nSPS) is 20.0. The summed E-state index contributed by atoms with van der Waals surface area (Å²) in [5.41, 5.74) is 1.73. The Morgan fingerprint density at radius 1 is 0.966 bits per heavy atom. The van der Waals surface area contributed by atoms with E-state index in [0.29, 0.717) is 11.5 Å². The molecule has 1 N–H and O–H groups in total. The Kier molecular flexibility index (Phi) is 7.21. The van der Waals surface area contributed by atoms with Crippen LogP contribution in [-0.2, 0) is 11.2 Å². The van der Waals surface area contributed by atoms with Crippen LogP contribution in [0.2, 0.25) is 0 Å². The van der Waals surface area contributed by atoms with Gasteiger partial charge < -0.3 is 9.84 Å². The van der Waals surface area contributed by atoms with Crippen molar-refractivity contribution >= 4 is 16.7 Å². The maximum atomic E-state index is 10.6. The van der Waals surface area contributed by atoms with Crippen molar-refractivity contribution in [3.63, 3.8) is 0 Å². The average Bonchev–Trinajstić information content (AvgIpc) is 2.67. The fourth-order valence-corrected chi connectivity index (χ4v) is 4.52. The van der Waals surface area contributed by atoms with Crippen LogP contribution in [-0.4, -0.2) is 17.2 Å². The molecule has 158 valence electrons. The lowest BCUT2D eigenvalue weighted by Gasteiger charge is -2.37. The predicted molar refractivity (Wildman–Crippen MR) is 120 cm³/mol. The summed E-state index contributed by atoms with van der Waals surface area (Å²) in [6, 6.07) is 13.1.